The number of nitrogens with one attached hydrogen (secondary N) is 2. The van der Waals surface area contributed by atoms with Gasteiger partial charge in [0.25, 0.3) is 5.91 Å². The van der Waals surface area contributed by atoms with E-state index in [0.717, 1.165) is 59.6 Å². The molecule has 2 N–H and O–H groups in total. The second kappa shape index (κ2) is 11.0. The van der Waals surface area contributed by atoms with Gasteiger partial charge in [-0.25, -0.2) is 14.2 Å². The number of halogens is 2. The molecule has 1 amide bonds. The molecule has 0 spiro atoms. The molecule has 1 aromatic heterocycles. The topological polar surface area (TPSA) is 65.4 Å². The fraction of sp³-hybridized carbons (Fsp3) is 0.286. The van der Waals surface area contributed by atoms with Crippen molar-refractivity contribution in [2.24, 2.45) is 0 Å². The first-order chi connectivity index (χ1) is 18.0. The number of piperazine rings is 1. The summed E-state index contributed by atoms with van der Waals surface area (Å²) in [6.45, 7) is 2.96. The molecule has 7 nitrogen and oxygen atoms in total. The van der Waals surface area contributed by atoms with E-state index in [1.54, 1.807) is 24.4 Å². The molecule has 5 rings (SSSR count). The number of anilines is 2. The maximum Gasteiger partial charge on any atom is 0.273 e. The largest absolute Gasteiger partial charge is 0.381 e. The number of hydrogen-bond acceptors (Lipinski definition) is 5. The Kier molecular flexibility index (Phi) is 7.32. The molecule has 9 heteroatoms. The molecule has 0 radical (unpaired) electrons. The van der Waals surface area contributed by atoms with E-state index in [4.69, 9.17) is 0 Å². The molecule has 3 aromatic carbocycles. The molecule has 1 aliphatic heterocycles. The molecule has 4 aromatic rings. The van der Waals surface area contributed by atoms with Crippen molar-refractivity contribution < 1.29 is 13.6 Å². The van der Waals surface area contributed by atoms with Gasteiger partial charge in [-0.05, 0) is 61.0 Å². The van der Waals surface area contributed by atoms with Crippen molar-refractivity contribution in [3.63, 3.8) is 0 Å². The summed E-state index contributed by atoms with van der Waals surface area (Å²) >= 11 is 0. The first kappa shape index (κ1) is 24.7. The zero-order valence-electron chi connectivity index (χ0n) is 20.8. The Labute approximate surface area is 214 Å². The van der Waals surface area contributed by atoms with Gasteiger partial charge in [-0.15, -0.1) is 0 Å². The van der Waals surface area contributed by atoms with E-state index < -0.39 is 6.67 Å². The number of likely N-dealkylation sites (N-methyl/N-ethyl adjacent to an activating group) is 1. The summed E-state index contributed by atoms with van der Waals surface area (Å²) in [4.78, 5) is 19.4. The highest BCUT2D eigenvalue weighted by Crippen LogP contribution is 2.31. The molecule has 192 valence electrons. The third-order valence-corrected chi connectivity index (χ3v) is 6.65. The van der Waals surface area contributed by atoms with Gasteiger partial charge in [-0.1, -0.05) is 24.3 Å². The van der Waals surface area contributed by atoms with E-state index in [9.17, 15) is 13.6 Å². The Morgan fingerprint density at radius 2 is 1.78 bits per heavy atom. The van der Waals surface area contributed by atoms with E-state index >= 15 is 0 Å². The molecule has 1 fully saturated rings. The SMILES string of the molecule is CN1CCN(c2c(NCCF)cccc2C(=O)Nn2ncc3cc(Cc4cccc(F)c4)ccc32)CC1. The molecule has 1 saturated heterocycles. The Hall–Kier alpha value is -3.98. The normalized spacial score (nSPS) is 14.2. The van der Waals surface area contributed by atoms with Crippen LogP contribution in [0.3, 0.4) is 0 Å². The van der Waals surface area contributed by atoms with Crippen molar-refractivity contribution in [3.8, 4) is 0 Å². The maximum atomic E-state index is 13.6. The van der Waals surface area contributed by atoms with Gasteiger partial charge in [0.15, 0.2) is 0 Å². The summed E-state index contributed by atoms with van der Waals surface area (Å²) in [6.07, 6.45) is 2.30. The molecule has 1 aliphatic rings. The van der Waals surface area contributed by atoms with Crippen molar-refractivity contribution in [1.82, 2.24) is 14.8 Å². The van der Waals surface area contributed by atoms with Crippen LogP contribution in [-0.2, 0) is 6.42 Å². The van der Waals surface area contributed by atoms with E-state index in [0.29, 0.717) is 12.0 Å². The third kappa shape index (κ3) is 5.56. The highest BCUT2D eigenvalue weighted by atomic mass is 19.1. The predicted molar refractivity (Wildman–Crippen MR) is 143 cm³/mol. The molecule has 0 unspecified atom stereocenters. The Balaban J connectivity index is 1.39. The molecule has 0 aliphatic carbocycles. The Bertz CT molecular complexity index is 1400. The third-order valence-electron chi connectivity index (χ3n) is 6.65. The predicted octanol–water partition coefficient (Wildman–Crippen LogP) is 4.28. The number of para-hydroxylation sites is 1. The molecule has 0 saturated carbocycles. The number of carbonyl (C=O) groups is 1. The van der Waals surface area contributed by atoms with Crippen LogP contribution in [0.4, 0.5) is 20.2 Å². The molecule has 37 heavy (non-hydrogen) atoms. The van der Waals surface area contributed by atoms with E-state index in [1.807, 2.05) is 30.3 Å². The average Bonchev–Trinajstić information content (AvgIpc) is 3.29. The lowest BCUT2D eigenvalue weighted by atomic mass is 10.0. The van der Waals surface area contributed by atoms with Crippen molar-refractivity contribution in [2.45, 2.75) is 6.42 Å². The van der Waals surface area contributed by atoms with Crippen molar-refractivity contribution >= 4 is 28.2 Å². The van der Waals surface area contributed by atoms with Gasteiger partial charge in [-0.2, -0.15) is 9.89 Å². The summed E-state index contributed by atoms with van der Waals surface area (Å²) in [5.74, 6) is -0.555. The highest BCUT2D eigenvalue weighted by molar-refractivity contribution is 6.07. The summed E-state index contributed by atoms with van der Waals surface area (Å²) in [5, 5.41) is 8.38. The number of alkyl halides is 1. The Morgan fingerprint density at radius 1 is 1.00 bits per heavy atom. The van der Waals surface area contributed by atoms with Crippen LogP contribution in [0.1, 0.15) is 21.5 Å². The van der Waals surface area contributed by atoms with Crippen LogP contribution < -0.4 is 15.6 Å². The lowest BCUT2D eigenvalue weighted by Gasteiger charge is -2.36. The quantitative estimate of drug-likeness (QED) is 0.375. The minimum atomic E-state index is -0.501. The average molecular weight is 505 g/mol. The zero-order chi connectivity index (χ0) is 25.8. The van der Waals surface area contributed by atoms with Crippen LogP contribution in [0.15, 0.2) is 66.9 Å². The van der Waals surface area contributed by atoms with Crippen LogP contribution in [0.2, 0.25) is 0 Å². The second-order valence-corrected chi connectivity index (χ2v) is 9.30. The smallest absolute Gasteiger partial charge is 0.273 e. The van der Waals surface area contributed by atoms with Gasteiger partial charge in [0.05, 0.1) is 28.7 Å². The molecular weight excluding hydrogens is 474 g/mol. The fourth-order valence-electron chi connectivity index (χ4n) is 4.74. The number of amides is 1. The van der Waals surface area contributed by atoms with Gasteiger partial charge in [0, 0.05) is 38.1 Å². The maximum absolute atomic E-state index is 13.6. The van der Waals surface area contributed by atoms with E-state index in [-0.39, 0.29) is 18.3 Å². The highest BCUT2D eigenvalue weighted by Gasteiger charge is 2.24. The number of nitrogens with zero attached hydrogens (tertiary/aromatic N) is 4. The number of hydrogen-bond donors (Lipinski definition) is 2. The van der Waals surface area contributed by atoms with Crippen molar-refractivity contribution in [1.29, 1.82) is 0 Å². The van der Waals surface area contributed by atoms with Gasteiger partial charge in [-0.3, -0.25) is 4.79 Å². The molecular formula is C28H30F2N6O. The molecule has 0 bridgehead atoms. The first-order valence-corrected chi connectivity index (χ1v) is 12.4. The number of fused-ring (bicyclic) bond motifs is 1. The Morgan fingerprint density at radius 3 is 2.57 bits per heavy atom. The minimum Gasteiger partial charge on any atom is -0.381 e. The summed E-state index contributed by atoms with van der Waals surface area (Å²) in [5.41, 5.74) is 7.58. The summed E-state index contributed by atoms with van der Waals surface area (Å²) in [6, 6.07) is 17.9. The molecule has 2 heterocycles. The van der Waals surface area contributed by atoms with Gasteiger partial charge in [0.2, 0.25) is 0 Å². The number of rotatable bonds is 8. The molecule has 0 atom stereocenters. The lowest BCUT2D eigenvalue weighted by molar-refractivity contribution is 0.101. The van der Waals surface area contributed by atoms with Gasteiger partial charge < -0.3 is 15.1 Å². The van der Waals surface area contributed by atoms with Crippen molar-refractivity contribution in [3.05, 3.63) is 89.4 Å². The van der Waals surface area contributed by atoms with Crippen LogP contribution in [0.25, 0.3) is 10.9 Å². The standard InChI is InChI=1S/C28H30F2N6O/c1-34-12-14-35(15-13-34)27-24(6-3-7-25(27)31-11-10-29)28(37)33-36-26-9-8-21(17-22(26)19-32-36)16-20-4-2-5-23(30)18-20/h2-9,17-19,31H,10-16H2,1H3,(H,33,37). The number of benzene rings is 3. The first-order valence-electron chi connectivity index (χ1n) is 12.4. The van der Waals surface area contributed by atoms with Crippen LogP contribution in [-0.4, -0.2) is 67.1 Å². The van der Waals surface area contributed by atoms with Gasteiger partial charge >= 0.3 is 0 Å². The van der Waals surface area contributed by atoms with Crippen molar-refractivity contribution in [2.75, 3.05) is 62.1 Å². The van der Waals surface area contributed by atoms with Gasteiger partial charge in [0.1, 0.15) is 12.5 Å². The fourth-order valence-corrected chi connectivity index (χ4v) is 4.74. The van der Waals surface area contributed by atoms with E-state index in [1.165, 1.54) is 16.9 Å². The monoisotopic (exact) mass is 504 g/mol. The summed E-state index contributed by atoms with van der Waals surface area (Å²) in [7, 11) is 2.07. The number of carbonyl (C=O) groups excluding carboxylic acids is 1. The summed E-state index contributed by atoms with van der Waals surface area (Å²) < 4.78 is 26.5. The second-order valence-electron chi connectivity index (χ2n) is 9.30. The van der Waals surface area contributed by atoms with Crippen LogP contribution in [0, 0.1) is 5.82 Å². The van der Waals surface area contributed by atoms with Crippen LogP contribution >= 0.6 is 0 Å². The number of aromatic nitrogens is 2. The lowest BCUT2D eigenvalue weighted by Crippen LogP contribution is -2.45. The van der Waals surface area contributed by atoms with E-state index in [2.05, 4.69) is 32.7 Å². The zero-order valence-corrected chi connectivity index (χ0v) is 20.8. The minimum absolute atomic E-state index is 0.174. The van der Waals surface area contributed by atoms with Crippen LogP contribution in [0.5, 0.6) is 0 Å².